The number of rotatable bonds is 4. The zero-order valence-corrected chi connectivity index (χ0v) is 13.6. The van der Waals surface area contributed by atoms with Crippen molar-refractivity contribution in [2.24, 2.45) is 16.9 Å². The van der Waals surface area contributed by atoms with Gasteiger partial charge in [-0.3, -0.25) is 9.69 Å². The van der Waals surface area contributed by atoms with E-state index in [-0.39, 0.29) is 18.0 Å². The molecule has 0 aliphatic carbocycles. The number of hydrogen-bond acceptors (Lipinski definition) is 3. The molecule has 0 spiro atoms. The minimum atomic E-state index is -0.442. The van der Waals surface area contributed by atoms with Gasteiger partial charge in [-0.05, 0) is 44.5 Å². The van der Waals surface area contributed by atoms with Crippen LogP contribution in [0.5, 0.6) is 0 Å². The molecule has 1 aliphatic heterocycles. The van der Waals surface area contributed by atoms with Crippen LogP contribution in [0.1, 0.15) is 31.9 Å². The van der Waals surface area contributed by atoms with Crippen molar-refractivity contribution in [3.05, 3.63) is 34.3 Å². The SMILES string of the molecule is CC(N)C(c1ccc(Br)cc1)N1CCC(C)(C(N)=O)C1. The van der Waals surface area contributed by atoms with E-state index in [1.165, 1.54) is 5.56 Å². The van der Waals surface area contributed by atoms with E-state index in [0.717, 1.165) is 17.4 Å². The Morgan fingerprint density at radius 1 is 1.40 bits per heavy atom. The molecule has 0 radical (unpaired) electrons. The summed E-state index contributed by atoms with van der Waals surface area (Å²) in [6.07, 6.45) is 0.794. The standard InChI is InChI=1S/C15H22BrN3O/c1-10(17)13(11-3-5-12(16)6-4-11)19-8-7-15(2,9-19)14(18)20/h3-6,10,13H,7-9,17H2,1-2H3,(H2,18,20). The number of primary amides is 1. The van der Waals surface area contributed by atoms with E-state index >= 15 is 0 Å². The maximum absolute atomic E-state index is 11.6. The summed E-state index contributed by atoms with van der Waals surface area (Å²) in [6.45, 7) is 5.47. The predicted octanol–water partition coefficient (Wildman–Crippen LogP) is 2.03. The number of nitrogens with zero attached hydrogens (tertiary/aromatic N) is 1. The molecular weight excluding hydrogens is 318 g/mol. The number of carbonyl (C=O) groups excluding carboxylic acids is 1. The highest BCUT2D eigenvalue weighted by atomic mass is 79.9. The summed E-state index contributed by atoms with van der Waals surface area (Å²) >= 11 is 3.45. The van der Waals surface area contributed by atoms with Gasteiger partial charge in [0.15, 0.2) is 0 Å². The molecule has 5 heteroatoms. The van der Waals surface area contributed by atoms with Crippen LogP contribution in [-0.4, -0.2) is 29.9 Å². The minimum Gasteiger partial charge on any atom is -0.369 e. The normalized spacial score (nSPS) is 26.4. The summed E-state index contributed by atoms with van der Waals surface area (Å²) in [5, 5.41) is 0. The first-order chi connectivity index (χ1) is 9.33. The lowest BCUT2D eigenvalue weighted by Gasteiger charge is -2.32. The third-order valence-electron chi connectivity index (χ3n) is 4.20. The van der Waals surface area contributed by atoms with Crippen molar-refractivity contribution in [3.63, 3.8) is 0 Å². The fourth-order valence-electron chi connectivity index (χ4n) is 2.94. The van der Waals surface area contributed by atoms with Gasteiger partial charge in [-0.25, -0.2) is 0 Å². The van der Waals surface area contributed by atoms with Crippen LogP contribution in [-0.2, 0) is 4.79 Å². The fraction of sp³-hybridized carbons (Fsp3) is 0.533. The second kappa shape index (κ2) is 5.84. The molecule has 0 aromatic heterocycles. The van der Waals surface area contributed by atoms with Gasteiger partial charge in [0.05, 0.1) is 5.41 Å². The van der Waals surface area contributed by atoms with Crippen molar-refractivity contribution >= 4 is 21.8 Å². The Kier molecular flexibility index (Phi) is 4.52. The third kappa shape index (κ3) is 3.05. The summed E-state index contributed by atoms with van der Waals surface area (Å²) in [5.74, 6) is -0.223. The quantitative estimate of drug-likeness (QED) is 0.881. The second-order valence-electron chi connectivity index (χ2n) is 6.00. The molecule has 20 heavy (non-hydrogen) atoms. The van der Waals surface area contributed by atoms with Crippen LogP contribution in [0, 0.1) is 5.41 Å². The molecule has 4 nitrogen and oxygen atoms in total. The Morgan fingerprint density at radius 2 is 2.00 bits per heavy atom. The first kappa shape index (κ1) is 15.5. The van der Waals surface area contributed by atoms with Crippen molar-refractivity contribution in [2.75, 3.05) is 13.1 Å². The molecule has 4 N–H and O–H groups in total. The zero-order chi connectivity index (χ0) is 14.9. The first-order valence-corrected chi connectivity index (χ1v) is 7.68. The molecule has 1 aliphatic rings. The molecule has 3 atom stereocenters. The Bertz CT molecular complexity index is 488. The summed E-state index contributed by atoms with van der Waals surface area (Å²) < 4.78 is 1.05. The molecule has 110 valence electrons. The number of amides is 1. The van der Waals surface area contributed by atoms with Crippen LogP contribution in [0.3, 0.4) is 0 Å². The van der Waals surface area contributed by atoms with Gasteiger partial charge in [-0.15, -0.1) is 0 Å². The highest BCUT2D eigenvalue weighted by Crippen LogP contribution is 2.36. The van der Waals surface area contributed by atoms with Crippen molar-refractivity contribution < 1.29 is 4.79 Å². The van der Waals surface area contributed by atoms with Crippen LogP contribution in [0.2, 0.25) is 0 Å². The molecule has 2 rings (SSSR count). The highest BCUT2D eigenvalue weighted by molar-refractivity contribution is 9.10. The Balaban J connectivity index is 2.23. The number of carbonyl (C=O) groups is 1. The van der Waals surface area contributed by atoms with Gasteiger partial charge in [0.1, 0.15) is 0 Å². The van der Waals surface area contributed by atoms with Gasteiger partial charge in [0, 0.05) is 23.1 Å². The van der Waals surface area contributed by atoms with Gasteiger partial charge >= 0.3 is 0 Å². The van der Waals surface area contributed by atoms with Crippen LogP contribution in [0.25, 0.3) is 0 Å². The molecule has 1 amide bonds. The fourth-order valence-corrected chi connectivity index (χ4v) is 3.21. The van der Waals surface area contributed by atoms with E-state index in [4.69, 9.17) is 11.5 Å². The van der Waals surface area contributed by atoms with Gasteiger partial charge in [0.2, 0.25) is 5.91 Å². The topological polar surface area (TPSA) is 72.3 Å². The molecule has 1 fully saturated rings. The van der Waals surface area contributed by atoms with Gasteiger partial charge < -0.3 is 11.5 Å². The maximum atomic E-state index is 11.6. The minimum absolute atomic E-state index is 0.00796. The summed E-state index contributed by atoms with van der Waals surface area (Å²) in [5.41, 5.74) is 12.4. The number of halogens is 1. The van der Waals surface area contributed by atoms with E-state index in [9.17, 15) is 4.79 Å². The van der Waals surface area contributed by atoms with Crippen LogP contribution in [0.15, 0.2) is 28.7 Å². The summed E-state index contributed by atoms with van der Waals surface area (Å²) in [7, 11) is 0. The van der Waals surface area contributed by atoms with Crippen LogP contribution in [0.4, 0.5) is 0 Å². The van der Waals surface area contributed by atoms with Gasteiger partial charge in [0.25, 0.3) is 0 Å². The molecule has 1 aromatic rings. The molecule has 1 saturated heterocycles. The number of benzene rings is 1. The predicted molar refractivity (Wildman–Crippen MR) is 84.0 cm³/mol. The zero-order valence-electron chi connectivity index (χ0n) is 12.0. The smallest absolute Gasteiger partial charge is 0.224 e. The van der Waals surface area contributed by atoms with Crippen LogP contribution >= 0.6 is 15.9 Å². The van der Waals surface area contributed by atoms with Crippen molar-refractivity contribution in [2.45, 2.75) is 32.4 Å². The van der Waals surface area contributed by atoms with Crippen molar-refractivity contribution in [1.29, 1.82) is 0 Å². The lowest BCUT2D eigenvalue weighted by molar-refractivity contribution is -0.126. The number of nitrogens with two attached hydrogens (primary N) is 2. The molecule has 3 unspecified atom stereocenters. The number of hydrogen-bond donors (Lipinski definition) is 2. The molecular formula is C15H22BrN3O. The van der Waals surface area contributed by atoms with E-state index < -0.39 is 5.41 Å². The van der Waals surface area contributed by atoms with Gasteiger partial charge in [-0.1, -0.05) is 28.1 Å². The first-order valence-electron chi connectivity index (χ1n) is 6.88. The maximum Gasteiger partial charge on any atom is 0.224 e. The van der Waals surface area contributed by atoms with E-state index in [1.807, 2.05) is 26.0 Å². The molecule has 1 aromatic carbocycles. The Hall–Kier alpha value is -0.910. The van der Waals surface area contributed by atoms with E-state index in [1.54, 1.807) is 0 Å². The molecule has 1 heterocycles. The van der Waals surface area contributed by atoms with E-state index in [2.05, 4.69) is 33.0 Å². The van der Waals surface area contributed by atoms with E-state index in [0.29, 0.717) is 6.54 Å². The average molecular weight is 340 g/mol. The molecule has 0 saturated carbocycles. The second-order valence-corrected chi connectivity index (χ2v) is 6.92. The van der Waals surface area contributed by atoms with Gasteiger partial charge in [-0.2, -0.15) is 0 Å². The summed E-state index contributed by atoms with van der Waals surface area (Å²) in [6, 6.07) is 8.31. The lowest BCUT2D eigenvalue weighted by atomic mass is 9.89. The average Bonchev–Trinajstić information content (AvgIpc) is 2.75. The lowest BCUT2D eigenvalue weighted by Crippen LogP contribution is -2.42. The highest BCUT2D eigenvalue weighted by Gasteiger charge is 2.42. The third-order valence-corrected chi connectivity index (χ3v) is 4.73. The Morgan fingerprint density at radius 3 is 2.45 bits per heavy atom. The largest absolute Gasteiger partial charge is 0.369 e. The number of likely N-dealkylation sites (tertiary alicyclic amines) is 1. The molecule has 0 bridgehead atoms. The Labute approximate surface area is 128 Å². The monoisotopic (exact) mass is 339 g/mol. The van der Waals surface area contributed by atoms with Crippen molar-refractivity contribution in [1.82, 2.24) is 4.90 Å². The summed E-state index contributed by atoms with van der Waals surface area (Å²) in [4.78, 5) is 13.9. The van der Waals surface area contributed by atoms with Crippen LogP contribution < -0.4 is 11.5 Å². The van der Waals surface area contributed by atoms with Crippen molar-refractivity contribution in [3.8, 4) is 0 Å².